The van der Waals surface area contributed by atoms with E-state index < -0.39 is 0 Å². The van der Waals surface area contributed by atoms with Gasteiger partial charge in [0.2, 0.25) is 0 Å². The van der Waals surface area contributed by atoms with Crippen molar-refractivity contribution >= 4 is 17.5 Å². The van der Waals surface area contributed by atoms with Crippen LogP contribution in [0.15, 0.2) is 71.8 Å². The van der Waals surface area contributed by atoms with Gasteiger partial charge in [-0.15, -0.1) is 0 Å². The molecule has 21 heavy (non-hydrogen) atoms. The number of nitrogens with zero attached hydrogens (tertiary/aromatic N) is 3. The van der Waals surface area contributed by atoms with Crippen LogP contribution in [0.3, 0.4) is 0 Å². The minimum atomic E-state index is 0.994. The molecule has 0 atom stereocenters. The van der Waals surface area contributed by atoms with Crippen molar-refractivity contribution in [3.8, 4) is 5.69 Å². The van der Waals surface area contributed by atoms with Gasteiger partial charge in [-0.1, -0.05) is 24.3 Å². The van der Waals surface area contributed by atoms with Gasteiger partial charge in [0, 0.05) is 24.2 Å². The van der Waals surface area contributed by atoms with E-state index in [1.165, 1.54) is 28.2 Å². The minimum absolute atomic E-state index is 0.994. The summed E-state index contributed by atoms with van der Waals surface area (Å²) in [7, 11) is 0. The van der Waals surface area contributed by atoms with Gasteiger partial charge >= 0.3 is 0 Å². The second-order valence-corrected chi connectivity index (χ2v) is 5.40. The van der Waals surface area contributed by atoms with Crippen LogP contribution in [0.5, 0.6) is 0 Å². The maximum absolute atomic E-state index is 4.34. The Morgan fingerprint density at radius 2 is 1.95 bits per heavy atom. The van der Waals surface area contributed by atoms with E-state index in [2.05, 4.69) is 63.1 Å². The normalized spacial score (nSPS) is 17.4. The van der Waals surface area contributed by atoms with Crippen molar-refractivity contribution in [3.63, 3.8) is 0 Å². The Hall–Kier alpha value is -2.81. The largest absolute Gasteiger partial charge is 0.314 e. The van der Waals surface area contributed by atoms with Crippen molar-refractivity contribution in [1.29, 1.82) is 0 Å². The predicted octanol–water partition coefficient (Wildman–Crippen LogP) is 3.68. The molecular formula is C18H13N3. The third-order valence-electron chi connectivity index (χ3n) is 4.28. The fourth-order valence-corrected chi connectivity index (χ4v) is 3.37. The van der Waals surface area contributed by atoms with E-state index in [0.29, 0.717) is 0 Å². The standard InChI is InChI=1S/C18H13N3/c1-2-7-16-15(6-1)20-11-9-19-12-17(20)14-5-3-4-13-8-10-21(16)18(13)14/h1-3,5-12H,4H2. The third-order valence-corrected chi connectivity index (χ3v) is 4.28. The molecule has 3 nitrogen and oxygen atoms in total. The molecule has 0 fully saturated rings. The SMILES string of the molecule is C1=CC2=C3C=NC=CN3c3ccccc3-n3ccc(c32)C1. The number of allylic oxidation sites excluding steroid dienone is 4. The lowest BCUT2D eigenvalue weighted by Crippen LogP contribution is -2.19. The van der Waals surface area contributed by atoms with Crippen LogP contribution in [-0.4, -0.2) is 10.8 Å². The van der Waals surface area contributed by atoms with Crippen molar-refractivity contribution < 1.29 is 0 Å². The molecule has 3 heteroatoms. The number of hydrogen-bond acceptors (Lipinski definition) is 2. The molecule has 0 spiro atoms. The quantitative estimate of drug-likeness (QED) is 0.716. The maximum atomic E-state index is 4.34. The van der Waals surface area contributed by atoms with Crippen LogP contribution in [-0.2, 0) is 6.42 Å². The van der Waals surface area contributed by atoms with Crippen LogP contribution >= 0.6 is 0 Å². The Kier molecular flexibility index (Phi) is 2.00. The van der Waals surface area contributed by atoms with Crippen molar-refractivity contribution in [2.75, 3.05) is 4.90 Å². The lowest BCUT2D eigenvalue weighted by Gasteiger charge is -2.24. The van der Waals surface area contributed by atoms with Crippen molar-refractivity contribution in [2.45, 2.75) is 6.42 Å². The zero-order valence-corrected chi connectivity index (χ0v) is 11.4. The van der Waals surface area contributed by atoms with Gasteiger partial charge in [0.05, 0.1) is 29.0 Å². The highest BCUT2D eigenvalue weighted by Gasteiger charge is 2.27. The molecule has 0 N–H and O–H groups in total. The maximum Gasteiger partial charge on any atom is 0.0733 e. The highest BCUT2D eigenvalue weighted by Crippen LogP contribution is 2.40. The summed E-state index contributed by atoms with van der Waals surface area (Å²) in [6.07, 6.45) is 13.5. The molecule has 1 aliphatic carbocycles. The minimum Gasteiger partial charge on any atom is -0.314 e. The molecule has 2 aromatic rings. The van der Waals surface area contributed by atoms with E-state index in [1.807, 2.05) is 18.6 Å². The fourth-order valence-electron chi connectivity index (χ4n) is 3.37. The van der Waals surface area contributed by atoms with Gasteiger partial charge in [-0.3, -0.25) is 4.99 Å². The first-order valence-electron chi connectivity index (χ1n) is 7.13. The fraction of sp³-hybridized carbons (Fsp3) is 0.0556. The highest BCUT2D eigenvalue weighted by molar-refractivity contribution is 6.02. The van der Waals surface area contributed by atoms with Crippen LogP contribution in [0.2, 0.25) is 0 Å². The topological polar surface area (TPSA) is 20.5 Å². The van der Waals surface area contributed by atoms with Crippen LogP contribution in [0.25, 0.3) is 11.3 Å². The molecule has 0 unspecified atom stereocenters. The van der Waals surface area contributed by atoms with E-state index in [4.69, 9.17) is 0 Å². The first kappa shape index (κ1) is 10.9. The van der Waals surface area contributed by atoms with Crippen LogP contribution in [0.4, 0.5) is 5.69 Å². The number of aliphatic imine (C=N–C) groups is 1. The first-order valence-corrected chi connectivity index (χ1v) is 7.13. The van der Waals surface area contributed by atoms with Crippen molar-refractivity contribution in [1.82, 2.24) is 4.57 Å². The zero-order valence-electron chi connectivity index (χ0n) is 11.4. The molecule has 0 bridgehead atoms. The number of rotatable bonds is 0. The van der Waals surface area contributed by atoms with E-state index in [-0.39, 0.29) is 0 Å². The number of benzene rings is 1. The van der Waals surface area contributed by atoms with Crippen molar-refractivity contribution in [2.24, 2.45) is 4.99 Å². The average Bonchev–Trinajstić information content (AvgIpc) is 2.94. The van der Waals surface area contributed by atoms with E-state index in [9.17, 15) is 0 Å². The molecular weight excluding hydrogens is 258 g/mol. The van der Waals surface area contributed by atoms with Crippen LogP contribution in [0, 0.1) is 0 Å². The second-order valence-electron chi connectivity index (χ2n) is 5.40. The van der Waals surface area contributed by atoms with E-state index >= 15 is 0 Å². The van der Waals surface area contributed by atoms with E-state index in [1.54, 1.807) is 0 Å². The molecule has 1 aromatic heterocycles. The van der Waals surface area contributed by atoms with Crippen LogP contribution in [0.1, 0.15) is 11.3 Å². The smallest absolute Gasteiger partial charge is 0.0733 e. The highest BCUT2D eigenvalue weighted by atomic mass is 15.2. The summed E-state index contributed by atoms with van der Waals surface area (Å²) in [5, 5.41) is 0. The summed E-state index contributed by atoms with van der Waals surface area (Å²) in [4.78, 5) is 6.56. The molecule has 100 valence electrons. The average molecular weight is 271 g/mol. The summed E-state index contributed by atoms with van der Waals surface area (Å²) in [6.45, 7) is 0. The first-order chi connectivity index (χ1) is 10.4. The lowest BCUT2D eigenvalue weighted by molar-refractivity contribution is 1.04. The van der Waals surface area contributed by atoms with Crippen molar-refractivity contribution in [3.05, 3.63) is 78.0 Å². The Morgan fingerprint density at radius 1 is 1.05 bits per heavy atom. The lowest BCUT2D eigenvalue weighted by atomic mass is 9.97. The summed E-state index contributed by atoms with van der Waals surface area (Å²) >= 11 is 0. The molecule has 2 aliphatic heterocycles. The summed E-state index contributed by atoms with van der Waals surface area (Å²) < 4.78 is 2.30. The zero-order chi connectivity index (χ0) is 13.8. The van der Waals surface area contributed by atoms with Crippen LogP contribution < -0.4 is 4.90 Å². The number of para-hydroxylation sites is 2. The third kappa shape index (κ3) is 1.35. The summed E-state index contributed by atoms with van der Waals surface area (Å²) in [6, 6.07) is 10.7. The van der Waals surface area contributed by atoms with Gasteiger partial charge in [-0.05, 0) is 30.2 Å². The van der Waals surface area contributed by atoms with Gasteiger partial charge in [0.1, 0.15) is 0 Å². The van der Waals surface area contributed by atoms with E-state index in [0.717, 1.165) is 12.1 Å². The molecule has 0 amide bonds. The number of aromatic nitrogens is 1. The predicted molar refractivity (Wildman–Crippen MR) is 85.6 cm³/mol. The Balaban J connectivity index is 1.96. The molecule has 5 rings (SSSR count). The number of hydrogen-bond donors (Lipinski definition) is 0. The molecule has 0 saturated carbocycles. The Bertz CT molecular complexity index is 878. The molecule has 0 saturated heterocycles. The Labute approximate surface area is 122 Å². The van der Waals surface area contributed by atoms with Gasteiger partial charge < -0.3 is 9.47 Å². The Morgan fingerprint density at radius 3 is 2.90 bits per heavy atom. The molecule has 0 radical (unpaired) electrons. The second kappa shape index (κ2) is 3.85. The van der Waals surface area contributed by atoms with Gasteiger partial charge in [-0.25, -0.2) is 0 Å². The molecule has 1 aromatic carbocycles. The number of fused-ring (bicyclic) bond motifs is 4. The van der Waals surface area contributed by atoms with Gasteiger partial charge in [-0.2, -0.15) is 0 Å². The summed E-state index contributed by atoms with van der Waals surface area (Å²) in [5.74, 6) is 0. The van der Waals surface area contributed by atoms with Gasteiger partial charge in [0.25, 0.3) is 0 Å². The molecule has 3 heterocycles. The van der Waals surface area contributed by atoms with Gasteiger partial charge in [0.15, 0.2) is 0 Å². The summed E-state index contributed by atoms with van der Waals surface area (Å²) in [5.41, 5.74) is 7.44. The number of anilines is 1. The monoisotopic (exact) mass is 271 g/mol. The molecule has 3 aliphatic rings.